The molecule has 0 amide bonds. The van der Waals surface area contributed by atoms with Gasteiger partial charge in [0.15, 0.2) is 6.10 Å². The van der Waals surface area contributed by atoms with E-state index in [0.29, 0.717) is 19.3 Å². The number of esters is 3. The lowest BCUT2D eigenvalue weighted by molar-refractivity contribution is -0.167. The topological polar surface area (TPSA) is 78.9 Å². The largest absolute Gasteiger partial charge is 0.462 e. The molecule has 0 aliphatic carbocycles. The van der Waals surface area contributed by atoms with Crippen molar-refractivity contribution in [3.05, 3.63) is 72.9 Å². The number of ether oxygens (including phenoxy) is 3. The molecule has 0 radical (unpaired) electrons. The van der Waals surface area contributed by atoms with Gasteiger partial charge in [-0.1, -0.05) is 306 Å². The molecule has 0 saturated heterocycles. The van der Waals surface area contributed by atoms with Crippen LogP contribution in [0.2, 0.25) is 0 Å². The van der Waals surface area contributed by atoms with Crippen molar-refractivity contribution >= 4 is 17.9 Å². The third-order valence-corrected chi connectivity index (χ3v) is 14.0. The van der Waals surface area contributed by atoms with Gasteiger partial charge < -0.3 is 14.2 Å². The first kappa shape index (κ1) is 70.8. The van der Waals surface area contributed by atoms with Crippen LogP contribution in [-0.2, 0) is 28.6 Å². The Morgan fingerprint density at radius 2 is 0.527 bits per heavy atom. The van der Waals surface area contributed by atoms with Crippen molar-refractivity contribution in [1.29, 1.82) is 0 Å². The van der Waals surface area contributed by atoms with E-state index in [-0.39, 0.29) is 31.1 Å². The van der Waals surface area contributed by atoms with E-state index in [1.807, 2.05) is 0 Å². The van der Waals surface area contributed by atoms with Crippen LogP contribution in [0.1, 0.15) is 323 Å². The zero-order valence-electron chi connectivity index (χ0n) is 49.1. The van der Waals surface area contributed by atoms with Crippen molar-refractivity contribution in [2.24, 2.45) is 0 Å². The molecule has 0 aromatic carbocycles. The van der Waals surface area contributed by atoms with Crippen LogP contribution >= 0.6 is 0 Å². The van der Waals surface area contributed by atoms with Gasteiger partial charge >= 0.3 is 17.9 Å². The Bertz CT molecular complexity index is 1370. The minimum absolute atomic E-state index is 0.0848. The quantitative estimate of drug-likeness (QED) is 0.0261. The first-order valence-electron chi connectivity index (χ1n) is 31.9. The summed E-state index contributed by atoms with van der Waals surface area (Å²) in [5, 5.41) is 0. The molecule has 0 heterocycles. The van der Waals surface area contributed by atoms with Gasteiger partial charge in [-0.3, -0.25) is 14.4 Å². The highest BCUT2D eigenvalue weighted by molar-refractivity contribution is 5.71. The van der Waals surface area contributed by atoms with Crippen molar-refractivity contribution in [3.63, 3.8) is 0 Å². The number of hydrogen-bond acceptors (Lipinski definition) is 6. The molecular weight excluding hydrogens is 913 g/mol. The molecule has 1 unspecified atom stereocenters. The van der Waals surface area contributed by atoms with E-state index in [1.54, 1.807) is 0 Å². The fraction of sp³-hybridized carbons (Fsp3) is 0.779. The van der Waals surface area contributed by atoms with Crippen molar-refractivity contribution in [2.45, 2.75) is 329 Å². The second kappa shape index (κ2) is 62.4. The van der Waals surface area contributed by atoms with E-state index < -0.39 is 6.10 Å². The lowest BCUT2D eigenvalue weighted by Crippen LogP contribution is -2.30. The second-order valence-corrected chi connectivity index (χ2v) is 21.3. The van der Waals surface area contributed by atoms with Gasteiger partial charge in [0, 0.05) is 19.3 Å². The molecule has 0 rings (SSSR count). The third kappa shape index (κ3) is 59.7. The zero-order valence-corrected chi connectivity index (χ0v) is 49.1. The summed E-state index contributed by atoms with van der Waals surface area (Å²) in [7, 11) is 0. The van der Waals surface area contributed by atoms with Crippen LogP contribution in [0.5, 0.6) is 0 Å². The maximum atomic E-state index is 12.9. The predicted molar refractivity (Wildman–Crippen MR) is 321 cm³/mol. The number of hydrogen-bond donors (Lipinski definition) is 0. The van der Waals surface area contributed by atoms with Crippen LogP contribution in [0.3, 0.4) is 0 Å². The molecule has 1 atom stereocenters. The van der Waals surface area contributed by atoms with Crippen molar-refractivity contribution in [1.82, 2.24) is 0 Å². The minimum atomic E-state index is -0.791. The maximum Gasteiger partial charge on any atom is 0.306 e. The van der Waals surface area contributed by atoms with Crippen molar-refractivity contribution < 1.29 is 28.6 Å². The number of carbonyl (C=O) groups is 3. The summed E-state index contributed by atoms with van der Waals surface area (Å²) < 4.78 is 16.9. The van der Waals surface area contributed by atoms with Gasteiger partial charge in [0.05, 0.1) is 0 Å². The Balaban J connectivity index is 4.41. The van der Waals surface area contributed by atoms with E-state index in [4.69, 9.17) is 14.2 Å². The summed E-state index contributed by atoms with van der Waals surface area (Å²) in [6, 6.07) is 0. The monoisotopic (exact) mass is 1030 g/mol. The lowest BCUT2D eigenvalue weighted by Gasteiger charge is -2.18. The maximum absolute atomic E-state index is 12.9. The molecule has 0 fully saturated rings. The van der Waals surface area contributed by atoms with Gasteiger partial charge in [0.25, 0.3) is 0 Å². The molecule has 0 aromatic heterocycles. The number of rotatable bonds is 58. The van der Waals surface area contributed by atoms with E-state index >= 15 is 0 Å². The average molecular weight is 1030 g/mol. The highest BCUT2D eigenvalue weighted by atomic mass is 16.6. The van der Waals surface area contributed by atoms with Gasteiger partial charge in [-0.05, 0) is 70.6 Å². The summed E-state index contributed by atoms with van der Waals surface area (Å²) in [4.78, 5) is 38.3. The van der Waals surface area contributed by atoms with Crippen LogP contribution in [0.15, 0.2) is 72.9 Å². The summed E-state index contributed by atoms with van der Waals surface area (Å²) in [6.45, 7) is 6.54. The Labute approximate surface area is 459 Å². The Kier molecular flexibility index (Phi) is 59.7. The van der Waals surface area contributed by atoms with Gasteiger partial charge in [0.2, 0.25) is 0 Å². The number of allylic oxidation sites excluding steroid dienone is 12. The Morgan fingerprint density at radius 3 is 0.824 bits per heavy atom. The summed E-state index contributed by atoms with van der Waals surface area (Å²) in [5.74, 6) is -0.911. The molecule has 74 heavy (non-hydrogen) atoms. The van der Waals surface area contributed by atoms with Crippen LogP contribution in [-0.4, -0.2) is 37.2 Å². The molecule has 6 heteroatoms. The molecule has 0 spiro atoms. The van der Waals surface area contributed by atoms with Crippen molar-refractivity contribution in [2.75, 3.05) is 13.2 Å². The number of unbranched alkanes of at least 4 members (excludes halogenated alkanes) is 35. The van der Waals surface area contributed by atoms with E-state index in [1.165, 1.54) is 186 Å². The fourth-order valence-corrected chi connectivity index (χ4v) is 9.21. The molecule has 0 aliphatic rings. The average Bonchev–Trinajstić information content (AvgIpc) is 3.40. The molecule has 428 valence electrons. The first-order chi connectivity index (χ1) is 36.5. The normalized spacial score (nSPS) is 12.5. The van der Waals surface area contributed by atoms with Gasteiger partial charge in [-0.2, -0.15) is 0 Å². The van der Waals surface area contributed by atoms with E-state index in [9.17, 15) is 14.4 Å². The van der Waals surface area contributed by atoms with Crippen LogP contribution < -0.4 is 0 Å². The fourth-order valence-electron chi connectivity index (χ4n) is 9.21. The first-order valence-corrected chi connectivity index (χ1v) is 31.9. The van der Waals surface area contributed by atoms with Crippen LogP contribution in [0.4, 0.5) is 0 Å². The van der Waals surface area contributed by atoms with Gasteiger partial charge in [0.1, 0.15) is 13.2 Å². The predicted octanol–water partition coefficient (Wildman–Crippen LogP) is 21.7. The highest BCUT2D eigenvalue weighted by Crippen LogP contribution is 2.17. The molecule has 0 bridgehead atoms. The van der Waals surface area contributed by atoms with Crippen LogP contribution in [0.25, 0.3) is 0 Å². The molecule has 0 N–H and O–H groups in total. The Morgan fingerprint density at radius 1 is 0.284 bits per heavy atom. The number of carbonyl (C=O) groups excluding carboxylic acids is 3. The standard InChI is InChI=1S/C68H120O6/c1-4-7-10-13-16-19-22-25-28-30-32-34-36-37-40-43-46-49-52-55-58-61-67(70)73-64-65(63-72-66(69)60-57-54-51-48-45-42-39-27-24-21-18-15-12-9-6-3)74-68(71)62-59-56-53-50-47-44-41-38-35-33-31-29-26-23-20-17-14-11-8-5-2/h7,10,16,19,25,28,32,34,37,40,46,49,65H,4-6,8-9,11-15,17-18,20-24,26-27,29-31,33,35-36,38-39,41-45,47-48,50-64H2,1-3H3/b10-7-,19-16-,28-25-,34-32-,40-37-,49-46-. The van der Waals surface area contributed by atoms with E-state index in [2.05, 4.69) is 93.7 Å². The Hall–Kier alpha value is -3.15. The summed E-state index contributed by atoms with van der Waals surface area (Å²) in [6.07, 6.45) is 80.5. The lowest BCUT2D eigenvalue weighted by atomic mass is 10.0. The smallest absolute Gasteiger partial charge is 0.306 e. The highest BCUT2D eigenvalue weighted by Gasteiger charge is 2.19. The summed E-state index contributed by atoms with van der Waals surface area (Å²) in [5.41, 5.74) is 0. The zero-order chi connectivity index (χ0) is 53.6. The second-order valence-electron chi connectivity index (χ2n) is 21.3. The molecule has 6 nitrogen and oxygen atoms in total. The van der Waals surface area contributed by atoms with Gasteiger partial charge in [-0.25, -0.2) is 0 Å². The third-order valence-electron chi connectivity index (χ3n) is 14.0. The molecular formula is C68H120O6. The molecule has 0 aliphatic heterocycles. The van der Waals surface area contributed by atoms with Crippen LogP contribution in [0, 0.1) is 0 Å². The van der Waals surface area contributed by atoms with E-state index in [0.717, 1.165) is 96.3 Å². The van der Waals surface area contributed by atoms with Crippen molar-refractivity contribution in [3.8, 4) is 0 Å². The SMILES string of the molecule is CC/C=C\C/C=C\C/C=C\C/C=C\C/C=C\C/C=C\CCCCC(=O)OCC(COC(=O)CCCCCCCCCCCCCCCCC)OC(=O)CCCCCCCCCCCCCCCCCCCCCC. The molecule has 0 aromatic rings. The molecule has 0 saturated carbocycles. The van der Waals surface area contributed by atoms with Gasteiger partial charge in [-0.15, -0.1) is 0 Å². The minimum Gasteiger partial charge on any atom is -0.462 e. The summed E-state index contributed by atoms with van der Waals surface area (Å²) >= 11 is 0.